The summed E-state index contributed by atoms with van der Waals surface area (Å²) in [4.78, 5) is 24.7. The lowest BCUT2D eigenvalue weighted by atomic mass is 9.48. The van der Waals surface area contributed by atoms with Gasteiger partial charge in [-0.05, 0) is 73.3 Å². The molecule has 1 unspecified atom stereocenters. The number of hydrogen-bond donors (Lipinski definition) is 0. The van der Waals surface area contributed by atoms with Gasteiger partial charge >= 0.3 is 5.97 Å². The van der Waals surface area contributed by atoms with Gasteiger partial charge in [-0.25, -0.2) is 0 Å². The molecule has 5 aliphatic rings. The van der Waals surface area contributed by atoms with Crippen LogP contribution in [0.1, 0.15) is 73.3 Å². The first-order valence-corrected chi connectivity index (χ1v) is 9.36. The van der Waals surface area contributed by atoms with Crippen molar-refractivity contribution in [3.63, 3.8) is 0 Å². The Bertz CT molecular complexity index is 970. The SMILES string of the molecule is [2H]C1=CC2=C([2H])C(=O)C([2H])([2H])C[C@]2(C)[C@H]2CC[C@@]3(C)[C@@H](CCC34CC([2H])([2H])C(=O)O4)[C@H]12. The molecule has 134 valence electrons. The van der Waals surface area contributed by atoms with Gasteiger partial charge in [-0.2, -0.15) is 0 Å². The summed E-state index contributed by atoms with van der Waals surface area (Å²) >= 11 is 0. The summed E-state index contributed by atoms with van der Waals surface area (Å²) in [5.74, 6) is -1.85. The molecule has 0 bridgehead atoms. The Balaban J connectivity index is 1.60. The first kappa shape index (κ1) is 10.7. The molecule has 0 N–H and O–H groups in total. The molecule has 0 amide bonds. The van der Waals surface area contributed by atoms with E-state index in [1.54, 1.807) is 6.08 Å². The van der Waals surface area contributed by atoms with Crippen molar-refractivity contribution in [1.29, 1.82) is 0 Å². The quantitative estimate of drug-likeness (QED) is 0.612. The van der Waals surface area contributed by atoms with Crippen LogP contribution in [0.15, 0.2) is 23.8 Å². The second kappa shape index (κ2) is 4.86. The molecule has 1 heterocycles. The Hall–Kier alpha value is -1.38. The topological polar surface area (TPSA) is 43.4 Å². The van der Waals surface area contributed by atoms with Crippen LogP contribution in [0.25, 0.3) is 0 Å². The van der Waals surface area contributed by atoms with Crippen LogP contribution in [0.5, 0.6) is 0 Å². The number of carbonyl (C=O) groups is 2. The molecule has 0 radical (unpaired) electrons. The minimum atomic E-state index is -2.10. The van der Waals surface area contributed by atoms with Crippen LogP contribution < -0.4 is 0 Å². The molecule has 3 heteroatoms. The lowest BCUT2D eigenvalue weighted by Crippen LogP contribution is -2.53. The summed E-state index contributed by atoms with van der Waals surface area (Å²) in [6, 6.07) is 0.0499. The zero-order valence-electron chi connectivity index (χ0n) is 20.8. The van der Waals surface area contributed by atoms with Crippen molar-refractivity contribution in [2.45, 2.75) is 70.7 Å². The largest absolute Gasteiger partial charge is 0.458 e. The van der Waals surface area contributed by atoms with E-state index in [0.717, 1.165) is 0 Å². The number of rotatable bonds is 0. The molecule has 1 spiro atoms. The van der Waals surface area contributed by atoms with Gasteiger partial charge in [0, 0.05) is 23.6 Å². The van der Waals surface area contributed by atoms with Crippen LogP contribution in [0.4, 0.5) is 0 Å². The molecule has 3 nitrogen and oxygen atoms in total. The third kappa shape index (κ3) is 1.88. The minimum Gasteiger partial charge on any atom is -0.458 e. The monoisotopic (exact) mass is 346 g/mol. The van der Waals surface area contributed by atoms with E-state index in [9.17, 15) is 9.59 Å². The van der Waals surface area contributed by atoms with E-state index < -0.39 is 40.9 Å². The minimum absolute atomic E-state index is 0.00718. The van der Waals surface area contributed by atoms with E-state index in [2.05, 4.69) is 6.92 Å². The Kier molecular flexibility index (Phi) is 2.08. The summed E-state index contributed by atoms with van der Waals surface area (Å²) < 4.78 is 55.6. The van der Waals surface area contributed by atoms with Crippen molar-refractivity contribution >= 4 is 11.8 Å². The Morgan fingerprint density at radius 2 is 1.92 bits per heavy atom. The maximum Gasteiger partial charge on any atom is 0.306 e. The van der Waals surface area contributed by atoms with E-state index >= 15 is 0 Å². The number of ether oxygens (including phenoxy) is 1. The van der Waals surface area contributed by atoms with Crippen LogP contribution in [-0.4, -0.2) is 17.4 Å². The van der Waals surface area contributed by atoms with Crippen molar-refractivity contribution in [3.05, 3.63) is 23.8 Å². The van der Waals surface area contributed by atoms with Gasteiger partial charge in [0.15, 0.2) is 5.78 Å². The second-order valence-electron chi connectivity index (χ2n) is 8.92. The summed E-state index contributed by atoms with van der Waals surface area (Å²) in [7, 11) is 0. The van der Waals surface area contributed by atoms with Crippen molar-refractivity contribution in [2.75, 3.05) is 0 Å². The molecule has 5 rings (SSSR count). The summed E-state index contributed by atoms with van der Waals surface area (Å²) in [5, 5.41) is 0. The number of carbonyl (C=O) groups excluding carboxylic acids is 2. The summed E-state index contributed by atoms with van der Waals surface area (Å²) in [5.41, 5.74) is -1.54. The second-order valence-corrected chi connectivity index (χ2v) is 8.92. The highest BCUT2D eigenvalue weighted by Crippen LogP contribution is 2.68. The first-order valence-electron chi connectivity index (χ1n) is 12.4. The molecule has 0 aromatic rings. The molecule has 1 aliphatic heterocycles. The fourth-order valence-corrected chi connectivity index (χ4v) is 6.48. The predicted molar refractivity (Wildman–Crippen MR) is 94.7 cm³/mol. The van der Waals surface area contributed by atoms with E-state index in [4.69, 9.17) is 13.0 Å². The highest BCUT2D eigenvalue weighted by Gasteiger charge is 2.66. The zero-order chi connectivity index (χ0) is 22.8. The van der Waals surface area contributed by atoms with E-state index in [-0.39, 0.29) is 36.6 Å². The van der Waals surface area contributed by atoms with Gasteiger partial charge in [-0.3, -0.25) is 9.59 Å². The van der Waals surface area contributed by atoms with Gasteiger partial charge < -0.3 is 4.74 Å². The summed E-state index contributed by atoms with van der Waals surface area (Å²) in [6.07, 6.45) is 0.197. The average molecular weight is 346 g/mol. The van der Waals surface area contributed by atoms with Crippen LogP contribution in [-0.2, 0) is 14.3 Å². The van der Waals surface area contributed by atoms with Crippen LogP contribution >= 0.6 is 0 Å². The number of esters is 1. The Morgan fingerprint density at radius 3 is 2.68 bits per heavy atom. The number of allylic oxidation sites excluding steroid dienone is 4. The molecule has 25 heavy (non-hydrogen) atoms. The normalized spacial score (nSPS) is 59.3. The summed E-state index contributed by atoms with van der Waals surface area (Å²) in [6.45, 7) is 4.00. The fourth-order valence-electron chi connectivity index (χ4n) is 6.48. The number of ketones is 1. The van der Waals surface area contributed by atoms with Gasteiger partial charge in [-0.15, -0.1) is 0 Å². The third-order valence-electron chi connectivity index (χ3n) is 8.08. The number of hydrogen-bond acceptors (Lipinski definition) is 3. The third-order valence-corrected chi connectivity index (χ3v) is 8.08. The number of fused-ring (bicyclic) bond motifs is 6. The van der Waals surface area contributed by atoms with Gasteiger partial charge in [-0.1, -0.05) is 26.0 Å². The van der Waals surface area contributed by atoms with Gasteiger partial charge in [0.1, 0.15) is 5.60 Å². The highest BCUT2D eigenvalue weighted by atomic mass is 16.6. The van der Waals surface area contributed by atoms with Gasteiger partial charge in [0.05, 0.1) is 2.74 Å². The lowest BCUT2D eigenvalue weighted by Gasteiger charge is -2.57. The van der Waals surface area contributed by atoms with Crippen molar-refractivity contribution in [1.82, 2.24) is 0 Å². The van der Waals surface area contributed by atoms with Crippen molar-refractivity contribution < 1.29 is 22.6 Å². The lowest BCUT2D eigenvalue weighted by molar-refractivity contribution is -0.165. The van der Waals surface area contributed by atoms with E-state index in [0.29, 0.717) is 37.3 Å². The molecule has 2 saturated carbocycles. The fraction of sp³-hybridized carbons (Fsp3) is 0.727. The van der Waals surface area contributed by atoms with Crippen LogP contribution in [0.2, 0.25) is 0 Å². The first-order chi connectivity index (χ1) is 14.2. The van der Waals surface area contributed by atoms with Crippen LogP contribution in [0, 0.1) is 28.6 Å². The smallest absolute Gasteiger partial charge is 0.306 e. The standard InChI is InChI=1S/C22H28O3/c1-20-9-5-15(23)13-14(20)3-4-16-17(20)6-10-21(2)18(16)7-11-22(21)12-8-19(24)25-22/h3-4,13,16-18H,5-12H2,1-2H3/t16-,17+,18+,20+,21+,22?/m1/s1/i4D,5D2,8D2,13D. The maximum atomic E-state index is 12.4. The van der Waals surface area contributed by atoms with E-state index in [1.165, 1.54) is 0 Å². The maximum absolute atomic E-state index is 12.4. The van der Waals surface area contributed by atoms with E-state index in [1.807, 2.05) is 6.92 Å². The molecule has 0 aromatic heterocycles. The molecule has 3 fully saturated rings. The van der Waals surface area contributed by atoms with Gasteiger partial charge in [0.25, 0.3) is 0 Å². The molecular weight excluding hydrogens is 312 g/mol. The van der Waals surface area contributed by atoms with Crippen molar-refractivity contribution in [2.24, 2.45) is 28.6 Å². The van der Waals surface area contributed by atoms with Crippen LogP contribution in [0.3, 0.4) is 0 Å². The molecule has 4 aliphatic carbocycles. The highest BCUT2D eigenvalue weighted by molar-refractivity contribution is 5.92. The Morgan fingerprint density at radius 1 is 1.12 bits per heavy atom. The molecule has 1 saturated heterocycles. The van der Waals surface area contributed by atoms with Crippen molar-refractivity contribution in [3.8, 4) is 0 Å². The Labute approximate surface area is 158 Å². The molecule has 6 atom stereocenters. The average Bonchev–Trinajstić information content (AvgIpc) is 3.07. The molecule has 0 aromatic carbocycles. The molecular formula is C22H28O3. The zero-order valence-corrected chi connectivity index (χ0v) is 14.8. The van der Waals surface area contributed by atoms with Gasteiger partial charge in [0.2, 0.25) is 0 Å². The predicted octanol–water partition coefficient (Wildman–Crippen LogP) is 4.37.